The third-order valence-electron chi connectivity index (χ3n) is 4.56. The van der Waals surface area contributed by atoms with Crippen LogP contribution >= 0.6 is 0 Å². The van der Waals surface area contributed by atoms with Crippen molar-refractivity contribution in [2.45, 2.75) is 54.4 Å². The van der Waals surface area contributed by atoms with E-state index in [-0.39, 0.29) is 12.7 Å². The van der Waals surface area contributed by atoms with Gasteiger partial charge in [0.2, 0.25) is 0 Å². The molecule has 0 aliphatic rings. The van der Waals surface area contributed by atoms with Crippen molar-refractivity contribution in [3.8, 4) is 0 Å². The number of carbonyl (C=O) groups excluding carboxylic acids is 2. The van der Waals surface area contributed by atoms with Crippen LogP contribution in [0.25, 0.3) is 0 Å². The van der Waals surface area contributed by atoms with E-state index in [0.717, 1.165) is 33.4 Å². The summed E-state index contributed by atoms with van der Waals surface area (Å²) in [5.74, 6) is -1.32. The summed E-state index contributed by atoms with van der Waals surface area (Å²) < 4.78 is 0. The van der Waals surface area contributed by atoms with Crippen molar-refractivity contribution in [2.75, 3.05) is 0 Å². The molecule has 2 radical (unpaired) electrons. The Morgan fingerprint density at radius 1 is 0.667 bits per heavy atom. The standard InChI is InChI=1S/C24H28O6/c1-8-9-20(27-29-23(25)21-16(4)10-14(2)11-17(21)5)28-30-24(26)22-18(6)12-15(3)13-19(22)7/h10-13H,1,8-9H2,2-7H3. The lowest BCUT2D eigenvalue weighted by molar-refractivity contribution is -0.363. The van der Waals surface area contributed by atoms with Crippen LogP contribution in [0.2, 0.25) is 0 Å². The van der Waals surface area contributed by atoms with Gasteiger partial charge in [0.1, 0.15) is 0 Å². The maximum absolute atomic E-state index is 12.4. The first-order valence-electron chi connectivity index (χ1n) is 9.72. The highest BCUT2D eigenvalue weighted by Crippen LogP contribution is 2.22. The molecule has 0 aliphatic carbocycles. The maximum Gasteiger partial charge on any atom is 0.373 e. The van der Waals surface area contributed by atoms with E-state index in [4.69, 9.17) is 19.6 Å². The fourth-order valence-electron chi connectivity index (χ4n) is 3.50. The molecule has 0 bridgehead atoms. The number of benzene rings is 2. The van der Waals surface area contributed by atoms with Crippen molar-refractivity contribution in [3.05, 3.63) is 82.0 Å². The molecular weight excluding hydrogens is 384 g/mol. The minimum atomic E-state index is -0.660. The van der Waals surface area contributed by atoms with Gasteiger partial charge in [-0.2, -0.15) is 0 Å². The van der Waals surface area contributed by atoms with Gasteiger partial charge in [0.25, 0.3) is 0 Å². The summed E-state index contributed by atoms with van der Waals surface area (Å²) in [5.41, 5.74) is 6.02. The molecule has 2 aromatic carbocycles. The monoisotopic (exact) mass is 412 g/mol. The topological polar surface area (TPSA) is 71.1 Å². The molecule has 160 valence electrons. The summed E-state index contributed by atoms with van der Waals surface area (Å²) in [5, 5.41) is 0. The first-order chi connectivity index (χ1) is 14.1. The second kappa shape index (κ2) is 10.4. The quantitative estimate of drug-likeness (QED) is 0.420. The van der Waals surface area contributed by atoms with Gasteiger partial charge in [-0.05, 0) is 70.2 Å². The maximum atomic E-state index is 12.4. The zero-order chi connectivity index (χ0) is 22.4. The molecule has 0 unspecified atom stereocenters. The van der Waals surface area contributed by atoms with E-state index in [1.807, 2.05) is 65.8 Å². The van der Waals surface area contributed by atoms with Crippen LogP contribution in [0.4, 0.5) is 0 Å². The summed E-state index contributed by atoms with van der Waals surface area (Å²) >= 11 is 0. The van der Waals surface area contributed by atoms with Gasteiger partial charge in [-0.25, -0.2) is 9.59 Å². The molecule has 0 N–H and O–H groups in total. The van der Waals surface area contributed by atoms with E-state index in [1.54, 1.807) is 0 Å². The summed E-state index contributed by atoms with van der Waals surface area (Å²) in [6, 6.07) is 7.53. The molecule has 0 fully saturated rings. The van der Waals surface area contributed by atoms with Crippen LogP contribution in [0, 0.1) is 54.8 Å². The summed E-state index contributed by atoms with van der Waals surface area (Å²) in [6.45, 7) is 14.9. The highest BCUT2D eigenvalue weighted by atomic mass is 17.3. The average Bonchev–Trinajstić information content (AvgIpc) is 2.62. The lowest BCUT2D eigenvalue weighted by Gasteiger charge is -2.15. The summed E-state index contributed by atoms with van der Waals surface area (Å²) in [4.78, 5) is 44.8. The van der Waals surface area contributed by atoms with Crippen molar-refractivity contribution >= 4 is 11.9 Å². The second-order valence-electron chi connectivity index (χ2n) is 7.43. The van der Waals surface area contributed by atoms with E-state index >= 15 is 0 Å². The Labute approximate surface area is 178 Å². The Morgan fingerprint density at radius 3 is 1.30 bits per heavy atom. The minimum absolute atomic E-state index is 0.170. The molecule has 0 spiro atoms. The van der Waals surface area contributed by atoms with E-state index in [0.29, 0.717) is 17.5 Å². The Kier molecular flexibility index (Phi) is 8.15. The predicted octanol–water partition coefficient (Wildman–Crippen LogP) is 5.52. The zero-order valence-corrected chi connectivity index (χ0v) is 18.4. The van der Waals surface area contributed by atoms with Gasteiger partial charge in [-0.1, -0.05) is 42.3 Å². The van der Waals surface area contributed by atoms with E-state index in [2.05, 4.69) is 6.92 Å². The first kappa shape index (κ1) is 23.6. The van der Waals surface area contributed by atoms with Gasteiger partial charge in [0, 0.05) is 6.42 Å². The Bertz CT molecular complexity index is 812. The van der Waals surface area contributed by atoms with Gasteiger partial charge in [-0.15, -0.1) is 9.78 Å². The van der Waals surface area contributed by atoms with E-state index in [9.17, 15) is 9.59 Å². The average molecular weight is 412 g/mol. The predicted molar refractivity (Wildman–Crippen MR) is 112 cm³/mol. The Hall–Kier alpha value is -2.70. The molecule has 0 saturated heterocycles. The fourth-order valence-corrected chi connectivity index (χ4v) is 3.50. The second-order valence-corrected chi connectivity index (χ2v) is 7.43. The molecule has 2 aromatic rings. The van der Waals surface area contributed by atoms with Crippen molar-refractivity contribution in [1.82, 2.24) is 0 Å². The first-order valence-corrected chi connectivity index (χ1v) is 9.72. The van der Waals surface area contributed by atoms with Gasteiger partial charge < -0.3 is 0 Å². The fraction of sp³-hybridized carbons (Fsp3) is 0.333. The third kappa shape index (κ3) is 5.90. The SMILES string of the molecule is [CH2]CC[C](OOC(=O)c1c(C)cc(C)cc1C)OOC(=O)c1c(C)cc(C)cc1C. The normalized spacial score (nSPS) is 10.9. The molecule has 0 aromatic heterocycles. The van der Waals surface area contributed by atoms with E-state index < -0.39 is 11.9 Å². The number of carbonyl (C=O) groups is 2. The Balaban J connectivity index is 2.02. The number of hydrogen-bond acceptors (Lipinski definition) is 6. The molecular formula is C24H28O6. The molecule has 6 nitrogen and oxygen atoms in total. The molecule has 0 saturated carbocycles. The van der Waals surface area contributed by atoms with Crippen LogP contribution in [-0.4, -0.2) is 11.9 Å². The lowest BCUT2D eigenvalue weighted by Crippen LogP contribution is -2.18. The molecule has 30 heavy (non-hydrogen) atoms. The summed E-state index contributed by atoms with van der Waals surface area (Å²) in [7, 11) is 0. The Morgan fingerprint density at radius 2 is 1.00 bits per heavy atom. The molecule has 0 aliphatic heterocycles. The van der Waals surface area contributed by atoms with Gasteiger partial charge in [0.05, 0.1) is 11.1 Å². The highest BCUT2D eigenvalue weighted by molar-refractivity contribution is 5.93. The van der Waals surface area contributed by atoms with Crippen molar-refractivity contribution in [1.29, 1.82) is 0 Å². The number of aryl methyl sites for hydroxylation is 6. The van der Waals surface area contributed by atoms with Crippen LogP contribution in [-0.2, 0) is 19.6 Å². The van der Waals surface area contributed by atoms with Crippen LogP contribution in [0.1, 0.15) is 66.9 Å². The summed E-state index contributed by atoms with van der Waals surface area (Å²) in [6.07, 6.45) is 0.394. The van der Waals surface area contributed by atoms with Crippen LogP contribution in [0.15, 0.2) is 24.3 Å². The minimum Gasteiger partial charge on any atom is -0.289 e. The molecule has 0 amide bonds. The van der Waals surface area contributed by atoms with Crippen LogP contribution < -0.4 is 0 Å². The van der Waals surface area contributed by atoms with Crippen molar-refractivity contribution in [2.24, 2.45) is 0 Å². The van der Waals surface area contributed by atoms with Crippen LogP contribution in [0.3, 0.4) is 0 Å². The van der Waals surface area contributed by atoms with Gasteiger partial charge in [-0.3, -0.25) is 9.78 Å². The van der Waals surface area contributed by atoms with Crippen LogP contribution in [0.5, 0.6) is 0 Å². The lowest BCUT2D eigenvalue weighted by atomic mass is 10.0. The number of rotatable bonds is 8. The highest BCUT2D eigenvalue weighted by Gasteiger charge is 2.23. The zero-order valence-electron chi connectivity index (χ0n) is 18.4. The smallest absolute Gasteiger partial charge is 0.289 e. The molecule has 0 atom stereocenters. The van der Waals surface area contributed by atoms with Crippen molar-refractivity contribution < 1.29 is 29.1 Å². The molecule has 2 rings (SSSR count). The largest absolute Gasteiger partial charge is 0.373 e. The third-order valence-corrected chi connectivity index (χ3v) is 4.56. The van der Waals surface area contributed by atoms with Gasteiger partial charge in [0.15, 0.2) is 0 Å². The molecule has 0 heterocycles. The van der Waals surface area contributed by atoms with Gasteiger partial charge >= 0.3 is 18.2 Å². The molecule has 6 heteroatoms. The van der Waals surface area contributed by atoms with E-state index in [1.165, 1.54) is 0 Å². The van der Waals surface area contributed by atoms with Crippen molar-refractivity contribution in [3.63, 3.8) is 0 Å². The number of hydrogen-bond donors (Lipinski definition) is 0.